The van der Waals surface area contributed by atoms with Crippen LogP contribution < -0.4 is 9.64 Å². The Labute approximate surface area is 163 Å². The number of hydrogen-bond donors (Lipinski definition) is 1. The summed E-state index contributed by atoms with van der Waals surface area (Å²) in [6.07, 6.45) is 4.05. The number of ether oxygens (including phenoxy) is 2. The van der Waals surface area contributed by atoms with Crippen LogP contribution in [-0.2, 0) is 4.74 Å². The van der Waals surface area contributed by atoms with E-state index in [1.165, 1.54) is 0 Å². The lowest BCUT2D eigenvalue weighted by atomic mass is 9.95. The van der Waals surface area contributed by atoms with E-state index in [0.29, 0.717) is 23.2 Å². The fourth-order valence-corrected chi connectivity index (χ4v) is 3.53. The summed E-state index contributed by atoms with van der Waals surface area (Å²) in [6, 6.07) is 1.75. The van der Waals surface area contributed by atoms with E-state index >= 15 is 0 Å². The minimum absolute atomic E-state index is 0.154. The molecule has 150 valence electrons. The van der Waals surface area contributed by atoms with Crippen LogP contribution in [0.2, 0.25) is 0 Å². The molecule has 1 N–H and O–H groups in total. The van der Waals surface area contributed by atoms with Crippen LogP contribution in [0.25, 0.3) is 11.2 Å². The van der Waals surface area contributed by atoms with Crippen molar-refractivity contribution in [2.75, 3.05) is 25.2 Å². The van der Waals surface area contributed by atoms with Gasteiger partial charge in [0.15, 0.2) is 17.3 Å². The van der Waals surface area contributed by atoms with Gasteiger partial charge in [0.2, 0.25) is 5.88 Å². The van der Waals surface area contributed by atoms with E-state index in [1.54, 1.807) is 23.4 Å². The first kappa shape index (κ1) is 19.0. The maximum Gasteiger partial charge on any atom is 0.251 e. The van der Waals surface area contributed by atoms with Crippen molar-refractivity contribution in [3.63, 3.8) is 0 Å². The van der Waals surface area contributed by atoms with Gasteiger partial charge in [-0.1, -0.05) is 9.24 Å². The Balaban J connectivity index is 1.60. The molecule has 0 amide bonds. The fourth-order valence-electron chi connectivity index (χ4n) is 3.38. The number of nitrogens with zero attached hydrogens (tertiary/aromatic N) is 6. The zero-order chi connectivity index (χ0) is 19.7. The van der Waals surface area contributed by atoms with Crippen LogP contribution in [0.4, 0.5) is 16.0 Å². The van der Waals surface area contributed by atoms with Crippen LogP contribution in [0, 0.1) is 5.92 Å². The molecule has 0 saturated carbocycles. The zero-order valence-corrected chi connectivity index (χ0v) is 16.9. The molecular weight excluding hydrogens is 384 g/mol. The molecule has 3 aromatic heterocycles. The number of hydrogen-bond acceptors (Lipinski definition) is 7. The summed E-state index contributed by atoms with van der Waals surface area (Å²) in [4.78, 5) is 11.0. The second-order valence-electron chi connectivity index (χ2n) is 6.86. The predicted molar refractivity (Wildman–Crippen MR) is 105 cm³/mol. The maximum absolute atomic E-state index is 13.0. The van der Waals surface area contributed by atoms with Crippen molar-refractivity contribution in [2.45, 2.75) is 31.9 Å². The molecule has 28 heavy (non-hydrogen) atoms. The topological polar surface area (TPSA) is 94.0 Å². The Bertz CT molecular complexity index is 941. The lowest BCUT2D eigenvalue weighted by Gasteiger charge is -2.28. The minimum Gasteiger partial charge on any atom is -0.441 e. The fraction of sp³-hybridized carbons (Fsp3) is 0.529. The Morgan fingerprint density at radius 1 is 1.43 bits per heavy atom. The number of rotatable bonds is 6. The summed E-state index contributed by atoms with van der Waals surface area (Å²) in [5, 5.41) is 11.3. The highest BCUT2D eigenvalue weighted by molar-refractivity contribution is 7.16. The molecule has 2 unspecified atom stereocenters. The quantitative estimate of drug-likeness (QED) is 0.628. The van der Waals surface area contributed by atoms with Gasteiger partial charge in [0.1, 0.15) is 5.52 Å². The lowest BCUT2D eigenvalue weighted by Crippen LogP contribution is -2.26. The molecule has 4 rings (SSSR count). The largest absolute Gasteiger partial charge is 0.441 e. The standard InChI is InChI=1S/C17H23FN7O2P/c1-10(11-4-3-5-26-9-11)25-16-12(7-20-25)19-8-14(21-16)24(2)13-6-15(23-22-13)27-17(18)28/h6-8,10-11,17H,3-5,9,28H2,1-2H3,(H,22,23)/t10-,11-,17?/m1/s1. The van der Waals surface area contributed by atoms with Crippen LogP contribution in [0.1, 0.15) is 25.8 Å². The van der Waals surface area contributed by atoms with E-state index in [2.05, 4.69) is 27.2 Å². The van der Waals surface area contributed by atoms with E-state index in [4.69, 9.17) is 14.5 Å². The van der Waals surface area contributed by atoms with Gasteiger partial charge in [0.05, 0.1) is 25.0 Å². The molecule has 0 bridgehead atoms. The number of aromatic amines is 1. The van der Waals surface area contributed by atoms with Crippen LogP contribution in [0.5, 0.6) is 5.88 Å². The molecule has 4 heterocycles. The summed E-state index contributed by atoms with van der Waals surface area (Å²) in [7, 11) is 3.73. The maximum atomic E-state index is 13.0. The predicted octanol–water partition coefficient (Wildman–Crippen LogP) is 2.81. The molecule has 0 spiro atoms. The molecule has 0 radical (unpaired) electrons. The third-order valence-electron chi connectivity index (χ3n) is 5.02. The lowest BCUT2D eigenvalue weighted by molar-refractivity contribution is 0.0349. The van der Waals surface area contributed by atoms with E-state index in [0.717, 1.165) is 31.6 Å². The summed E-state index contributed by atoms with van der Waals surface area (Å²) >= 11 is 0. The SMILES string of the molecule is C[C@H]([C@@H]1CCCOC1)n1ncc2ncc(N(C)c3cc(OC(F)P)[nH]n3)nc21. The molecule has 1 aliphatic heterocycles. The summed E-state index contributed by atoms with van der Waals surface area (Å²) in [6.45, 7) is 3.70. The zero-order valence-electron chi connectivity index (χ0n) is 15.7. The van der Waals surface area contributed by atoms with E-state index < -0.39 is 6.10 Å². The summed E-state index contributed by atoms with van der Waals surface area (Å²) < 4.78 is 25.5. The molecule has 0 aromatic carbocycles. The van der Waals surface area contributed by atoms with E-state index in [9.17, 15) is 4.39 Å². The van der Waals surface area contributed by atoms with Crippen LogP contribution >= 0.6 is 9.24 Å². The van der Waals surface area contributed by atoms with Crippen molar-refractivity contribution >= 4 is 32.0 Å². The van der Waals surface area contributed by atoms with Gasteiger partial charge in [-0.25, -0.2) is 19.7 Å². The van der Waals surface area contributed by atoms with Crippen molar-refractivity contribution in [3.8, 4) is 5.88 Å². The van der Waals surface area contributed by atoms with Crippen LogP contribution in [0.15, 0.2) is 18.5 Å². The van der Waals surface area contributed by atoms with Gasteiger partial charge in [-0.3, -0.25) is 0 Å². The molecule has 1 fully saturated rings. The third kappa shape index (κ3) is 3.79. The average Bonchev–Trinajstić information content (AvgIpc) is 3.33. The Morgan fingerprint density at radius 3 is 3.04 bits per heavy atom. The number of aromatic nitrogens is 6. The number of anilines is 2. The normalized spacial score (nSPS) is 19.5. The molecule has 1 aliphatic rings. The second-order valence-corrected chi connectivity index (χ2v) is 7.39. The van der Waals surface area contributed by atoms with Crippen LogP contribution in [0.3, 0.4) is 0 Å². The Morgan fingerprint density at radius 2 is 2.29 bits per heavy atom. The van der Waals surface area contributed by atoms with Gasteiger partial charge in [-0.2, -0.15) is 14.6 Å². The second kappa shape index (κ2) is 7.97. The number of halogens is 1. The highest BCUT2D eigenvalue weighted by Crippen LogP contribution is 2.29. The molecule has 0 aliphatic carbocycles. The van der Waals surface area contributed by atoms with Crippen LogP contribution in [-0.4, -0.2) is 56.3 Å². The van der Waals surface area contributed by atoms with E-state index in [1.807, 2.05) is 21.0 Å². The van der Waals surface area contributed by atoms with Crippen molar-refractivity contribution in [2.24, 2.45) is 5.92 Å². The first-order valence-corrected chi connectivity index (χ1v) is 9.83. The van der Waals surface area contributed by atoms with E-state index in [-0.39, 0.29) is 11.9 Å². The number of nitrogens with one attached hydrogen (secondary N) is 1. The van der Waals surface area contributed by atoms with Crippen molar-refractivity contribution in [1.29, 1.82) is 0 Å². The summed E-state index contributed by atoms with van der Waals surface area (Å²) in [5.41, 5.74) is 1.44. The first-order chi connectivity index (χ1) is 13.5. The third-order valence-corrected chi connectivity index (χ3v) is 5.16. The van der Waals surface area contributed by atoms with Gasteiger partial charge in [-0.05, 0) is 19.8 Å². The highest BCUT2D eigenvalue weighted by atomic mass is 31.0. The van der Waals surface area contributed by atoms with Gasteiger partial charge in [0.25, 0.3) is 6.10 Å². The van der Waals surface area contributed by atoms with Gasteiger partial charge >= 0.3 is 0 Å². The van der Waals surface area contributed by atoms with Gasteiger partial charge in [-0.15, -0.1) is 0 Å². The van der Waals surface area contributed by atoms with Crippen molar-refractivity contribution < 1.29 is 13.9 Å². The molecule has 3 aromatic rings. The molecule has 4 atom stereocenters. The Kier molecular flexibility index (Phi) is 5.41. The molecule has 9 nitrogen and oxygen atoms in total. The first-order valence-electron chi connectivity index (χ1n) is 9.16. The highest BCUT2D eigenvalue weighted by Gasteiger charge is 2.25. The number of alkyl halides is 1. The number of H-pyrrole nitrogens is 1. The molecule has 11 heteroatoms. The van der Waals surface area contributed by atoms with Gasteiger partial charge < -0.3 is 14.4 Å². The Hall–Kier alpha value is -2.32. The van der Waals surface area contributed by atoms with Crippen molar-refractivity contribution in [3.05, 3.63) is 18.5 Å². The monoisotopic (exact) mass is 407 g/mol. The van der Waals surface area contributed by atoms with Gasteiger partial charge in [0, 0.05) is 25.6 Å². The summed E-state index contributed by atoms with van der Waals surface area (Å²) in [5.74, 6) is 1.76. The minimum atomic E-state index is -1.51. The van der Waals surface area contributed by atoms with Crippen molar-refractivity contribution in [1.82, 2.24) is 29.9 Å². The molecule has 1 saturated heterocycles. The average molecular weight is 407 g/mol. The molecular formula is C17H23FN7O2P. The number of fused-ring (bicyclic) bond motifs is 1. The smallest absolute Gasteiger partial charge is 0.251 e.